The van der Waals surface area contributed by atoms with Crippen LogP contribution in [0.15, 0.2) is 60.9 Å². The van der Waals surface area contributed by atoms with E-state index in [1.54, 1.807) is 10.7 Å². The third-order valence-corrected chi connectivity index (χ3v) is 4.17. The number of ether oxygens (including phenoxy) is 1. The Morgan fingerprint density at radius 2 is 2.07 bits per heavy atom. The fourth-order valence-electron chi connectivity index (χ4n) is 2.94. The van der Waals surface area contributed by atoms with Gasteiger partial charge >= 0.3 is 0 Å². The average molecular weight is 363 g/mol. The van der Waals surface area contributed by atoms with Crippen LogP contribution in [0, 0.1) is 0 Å². The lowest BCUT2D eigenvalue weighted by molar-refractivity contribution is -0.118. The molecule has 0 unspecified atom stereocenters. The number of para-hydroxylation sites is 1. The molecule has 2 heterocycles. The topological polar surface area (TPSA) is 98.1 Å². The Labute approximate surface area is 155 Å². The molecule has 2 N–H and O–H groups in total. The summed E-state index contributed by atoms with van der Waals surface area (Å²) in [7, 11) is 0. The fourth-order valence-corrected chi connectivity index (χ4v) is 2.94. The summed E-state index contributed by atoms with van der Waals surface area (Å²) >= 11 is 0. The highest BCUT2D eigenvalue weighted by atomic mass is 16.5. The maximum Gasteiger partial charge on any atom is 0.262 e. The zero-order valence-corrected chi connectivity index (χ0v) is 14.3. The second-order valence-electron chi connectivity index (χ2n) is 6.07. The highest BCUT2D eigenvalue weighted by molar-refractivity contribution is 5.92. The molecule has 8 nitrogen and oxygen atoms in total. The molecule has 0 fully saturated rings. The molecule has 1 aliphatic rings. The first-order valence-corrected chi connectivity index (χ1v) is 8.46. The molecule has 2 amide bonds. The minimum Gasteiger partial charge on any atom is -0.484 e. The first kappa shape index (κ1) is 16.8. The summed E-state index contributed by atoms with van der Waals surface area (Å²) in [5.41, 5.74) is 1.57. The van der Waals surface area contributed by atoms with Crippen molar-refractivity contribution >= 4 is 23.5 Å². The average Bonchev–Trinajstić information content (AvgIpc) is 3.15. The van der Waals surface area contributed by atoms with E-state index < -0.39 is 0 Å². The molecule has 136 valence electrons. The minimum atomic E-state index is -0.266. The molecule has 1 aliphatic heterocycles. The van der Waals surface area contributed by atoms with Crippen LogP contribution in [0.25, 0.3) is 0 Å². The molecular formula is C19H17N5O3. The van der Waals surface area contributed by atoms with Gasteiger partial charge in [0.05, 0.1) is 12.5 Å². The molecule has 0 bridgehead atoms. The van der Waals surface area contributed by atoms with Gasteiger partial charge in [0.25, 0.3) is 5.91 Å². The molecule has 8 heteroatoms. The minimum absolute atomic E-state index is 0.113. The molecule has 3 aromatic rings. The van der Waals surface area contributed by atoms with Crippen LogP contribution >= 0.6 is 0 Å². The van der Waals surface area contributed by atoms with Crippen LogP contribution in [0.1, 0.15) is 18.0 Å². The third kappa shape index (κ3) is 3.79. The fraction of sp³-hybridized carbons (Fsp3) is 0.158. The van der Waals surface area contributed by atoms with Crippen LogP contribution in [0.5, 0.6) is 5.75 Å². The van der Waals surface area contributed by atoms with E-state index in [1.165, 1.54) is 6.33 Å². The number of fused-ring (bicyclic) bond motifs is 1. The van der Waals surface area contributed by atoms with Crippen LogP contribution in [-0.4, -0.2) is 33.2 Å². The third-order valence-electron chi connectivity index (χ3n) is 4.17. The van der Waals surface area contributed by atoms with E-state index >= 15 is 0 Å². The van der Waals surface area contributed by atoms with E-state index in [-0.39, 0.29) is 30.9 Å². The largest absolute Gasteiger partial charge is 0.484 e. The summed E-state index contributed by atoms with van der Waals surface area (Å²) in [6, 6.07) is 16.2. The van der Waals surface area contributed by atoms with Gasteiger partial charge in [-0.1, -0.05) is 30.3 Å². The van der Waals surface area contributed by atoms with Gasteiger partial charge in [-0.05, 0) is 29.8 Å². The predicted molar refractivity (Wildman–Crippen MR) is 98.4 cm³/mol. The van der Waals surface area contributed by atoms with Crippen molar-refractivity contribution in [3.63, 3.8) is 0 Å². The lowest BCUT2D eigenvalue weighted by Crippen LogP contribution is -2.29. The SMILES string of the molecule is O=C(COc1cccc([C@H]2CC(=O)Nc3ncnn32)c1)Nc1ccccc1. The Morgan fingerprint density at radius 3 is 2.93 bits per heavy atom. The van der Waals surface area contributed by atoms with Gasteiger partial charge in [0, 0.05) is 5.69 Å². The molecule has 0 saturated heterocycles. The molecule has 0 saturated carbocycles. The van der Waals surface area contributed by atoms with Crippen molar-refractivity contribution in [2.45, 2.75) is 12.5 Å². The van der Waals surface area contributed by atoms with Crippen LogP contribution < -0.4 is 15.4 Å². The molecule has 0 aliphatic carbocycles. The van der Waals surface area contributed by atoms with Crippen LogP contribution in [0.3, 0.4) is 0 Å². The Bertz CT molecular complexity index is 970. The van der Waals surface area contributed by atoms with Crippen molar-refractivity contribution in [2.24, 2.45) is 0 Å². The number of nitrogens with one attached hydrogen (secondary N) is 2. The van der Waals surface area contributed by atoms with Crippen LogP contribution in [-0.2, 0) is 9.59 Å². The van der Waals surface area contributed by atoms with E-state index in [9.17, 15) is 9.59 Å². The molecular weight excluding hydrogens is 346 g/mol. The van der Waals surface area contributed by atoms with Crippen molar-refractivity contribution in [1.29, 1.82) is 0 Å². The molecule has 4 rings (SSSR count). The number of carbonyl (C=O) groups excluding carboxylic acids is 2. The van der Waals surface area contributed by atoms with Crippen molar-refractivity contribution < 1.29 is 14.3 Å². The Kier molecular flexibility index (Phi) is 4.52. The zero-order valence-electron chi connectivity index (χ0n) is 14.3. The van der Waals surface area contributed by atoms with Gasteiger partial charge in [-0.15, -0.1) is 0 Å². The summed E-state index contributed by atoms with van der Waals surface area (Å²) in [6.45, 7) is -0.113. The quantitative estimate of drug-likeness (QED) is 0.724. The Morgan fingerprint density at radius 1 is 1.22 bits per heavy atom. The second kappa shape index (κ2) is 7.28. The van der Waals surface area contributed by atoms with Crippen LogP contribution in [0.2, 0.25) is 0 Å². The molecule has 0 radical (unpaired) electrons. The van der Waals surface area contributed by atoms with Crippen LogP contribution in [0.4, 0.5) is 11.6 Å². The molecule has 2 aromatic carbocycles. The molecule has 1 atom stereocenters. The maximum atomic E-state index is 12.0. The normalized spacial score (nSPS) is 15.6. The summed E-state index contributed by atoms with van der Waals surface area (Å²) in [5.74, 6) is 0.601. The summed E-state index contributed by atoms with van der Waals surface area (Å²) in [6.07, 6.45) is 1.66. The van der Waals surface area contributed by atoms with E-state index in [1.807, 2.05) is 48.5 Å². The summed E-state index contributed by atoms with van der Waals surface area (Å²) in [4.78, 5) is 28.0. The summed E-state index contributed by atoms with van der Waals surface area (Å²) in [5, 5.41) is 9.64. The number of anilines is 2. The monoisotopic (exact) mass is 363 g/mol. The van der Waals surface area contributed by atoms with Crippen molar-refractivity contribution in [3.05, 3.63) is 66.5 Å². The Hall–Kier alpha value is -3.68. The number of aromatic nitrogens is 3. The molecule has 27 heavy (non-hydrogen) atoms. The van der Waals surface area contributed by atoms with E-state index in [2.05, 4.69) is 20.7 Å². The van der Waals surface area contributed by atoms with Gasteiger partial charge in [-0.2, -0.15) is 10.1 Å². The number of nitrogens with zero attached hydrogens (tertiary/aromatic N) is 3. The number of amides is 2. The van der Waals surface area contributed by atoms with Gasteiger partial charge in [0.15, 0.2) is 6.61 Å². The number of benzene rings is 2. The van der Waals surface area contributed by atoms with Crippen molar-refractivity contribution in [2.75, 3.05) is 17.2 Å². The van der Waals surface area contributed by atoms with E-state index in [4.69, 9.17) is 4.74 Å². The summed E-state index contributed by atoms with van der Waals surface area (Å²) < 4.78 is 7.28. The predicted octanol–water partition coefficient (Wildman–Crippen LogP) is 2.23. The first-order chi connectivity index (χ1) is 13.2. The lowest BCUT2D eigenvalue weighted by atomic mass is 10.0. The van der Waals surface area contributed by atoms with E-state index in [0.717, 1.165) is 5.56 Å². The number of carbonyl (C=O) groups is 2. The number of hydrogen-bond acceptors (Lipinski definition) is 5. The smallest absolute Gasteiger partial charge is 0.262 e. The first-order valence-electron chi connectivity index (χ1n) is 8.46. The van der Waals surface area contributed by atoms with Gasteiger partial charge in [0.2, 0.25) is 11.9 Å². The number of hydrogen-bond donors (Lipinski definition) is 2. The maximum absolute atomic E-state index is 12.0. The zero-order chi connectivity index (χ0) is 18.6. The van der Waals surface area contributed by atoms with Gasteiger partial charge in [0.1, 0.15) is 12.1 Å². The number of rotatable bonds is 5. The molecule has 1 aromatic heterocycles. The molecule has 0 spiro atoms. The highest BCUT2D eigenvalue weighted by Crippen LogP contribution is 2.30. The lowest BCUT2D eigenvalue weighted by Gasteiger charge is -2.24. The standard InChI is InChI=1S/C19H17N5O3/c25-17-10-16(24-19(23-17)20-12-21-24)13-5-4-8-15(9-13)27-11-18(26)22-14-6-2-1-3-7-14/h1-9,12,16H,10-11H2,(H,22,26)(H,20,21,23,25)/t16-/m1/s1. The highest BCUT2D eigenvalue weighted by Gasteiger charge is 2.27. The van der Waals surface area contributed by atoms with E-state index in [0.29, 0.717) is 17.4 Å². The van der Waals surface area contributed by atoms with Gasteiger partial charge in [-0.25, -0.2) is 4.68 Å². The van der Waals surface area contributed by atoms with Gasteiger partial charge < -0.3 is 10.1 Å². The van der Waals surface area contributed by atoms with Gasteiger partial charge in [-0.3, -0.25) is 14.9 Å². The second-order valence-corrected chi connectivity index (χ2v) is 6.07. The Balaban J connectivity index is 1.44. The van der Waals surface area contributed by atoms with Crippen molar-refractivity contribution in [3.8, 4) is 5.75 Å². The van der Waals surface area contributed by atoms with Crippen molar-refractivity contribution in [1.82, 2.24) is 14.8 Å².